The Morgan fingerprint density at radius 2 is 1.34 bits per heavy atom. The Kier molecular flexibility index (Phi) is 5.88. The van der Waals surface area contributed by atoms with Gasteiger partial charge in [0.25, 0.3) is 0 Å². The van der Waals surface area contributed by atoms with E-state index in [1.165, 1.54) is 0 Å². The third-order valence-corrected chi connectivity index (χ3v) is 7.10. The summed E-state index contributed by atoms with van der Waals surface area (Å²) >= 11 is 12.0. The molecule has 142 valence electrons. The number of benzene rings is 2. The molecule has 0 amide bonds. The van der Waals surface area contributed by atoms with E-state index < -0.39 is 0 Å². The summed E-state index contributed by atoms with van der Waals surface area (Å²) in [7, 11) is 0. The van der Waals surface area contributed by atoms with Crippen LogP contribution in [0.1, 0.15) is 5.69 Å². The van der Waals surface area contributed by atoms with E-state index in [0.29, 0.717) is 22.6 Å². The molecule has 7 heteroatoms. The standard InChI is InChI=1S/C22H12Br3N3S/c23-14-5-1-12(2-6-14)19-16(11-26)28-22(17-9-10-18(25)29-17)20(21(19)27)13-3-7-15(24)8-4-13/h1-10H,(H2,27,28). The maximum atomic E-state index is 9.84. The van der Waals surface area contributed by atoms with Gasteiger partial charge in [-0.2, -0.15) is 5.26 Å². The molecule has 0 aliphatic heterocycles. The molecule has 0 unspecified atom stereocenters. The van der Waals surface area contributed by atoms with Gasteiger partial charge >= 0.3 is 0 Å². The van der Waals surface area contributed by atoms with Gasteiger partial charge in [-0.3, -0.25) is 0 Å². The minimum absolute atomic E-state index is 0.310. The van der Waals surface area contributed by atoms with Crippen molar-refractivity contribution < 1.29 is 0 Å². The maximum Gasteiger partial charge on any atom is 0.151 e. The van der Waals surface area contributed by atoms with E-state index in [0.717, 1.165) is 34.3 Å². The van der Waals surface area contributed by atoms with E-state index >= 15 is 0 Å². The molecule has 2 aromatic carbocycles. The lowest BCUT2D eigenvalue weighted by molar-refractivity contribution is 1.28. The molecule has 0 atom stereocenters. The van der Waals surface area contributed by atoms with Gasteiger partial charge in [0.05, 0.1) is 20.0 Å². The molecule has 2 aromatic heterocycles. The molecule has 0 radical (unpaired) electrons. The van der Waals surface area contributed by atoms with Crippen molar-refractivity contribution in [2.45, 2.75) is 0 Å². The number of rotatable bonds is 3. The minimum atomic E-state index is 0.310. The average molecular weight is 590 g/mol. The molecule has 0 aliphatic rings. The fraction of sp³-hybridized carbons (Fsp3) is 0. The van der Waals surface area contributed by atoms with Crippen molar-refractivity contribution >= 4 is 64.8 Å². The van der Waals surface area contributed by atoms with Crippen molar-refractivity contribution in [1.82, 2.24) is 4.98 Å². The molecule has 0 aliphatic carbocycles. The second kappa shape index (κ2) is 8.41. The molecular weight excluding hydrogens is 578 g/mol. The van der Waals surface area contributed by atoms with Crippen LogP contribution in [0.25, 0.3) is 32.8 Å². The summed E-state index contributed by atoms with van der Waals surface area (Å²) in [5.74, 6) is 0. The topological polar surface area (TPSA) is 62.7 Å². The van der Waals surface area contributed by atoms with Crippen LogP contribution in [0.3, 0.4) is 0 Å². The Hall–Kier alpha value is -1.98. The number of halogens is 3. The quantitative estimate of drug-likeness (QED) is 0.264. The van der Waals surface area contributed by atoms with E-state index in [2.05, 4.69) is 53.9 Å². The van der Waals surface area contributed by atoms with Crippen molar-refractivity contribution in [3.8, 4) is 38.9 Å². The first-order chi connectivity index (χ1) is 14.0. The van der Waals surface area contributed by atoms with E-state index in [-0.39, 0.29) is 0 Å². The van der Waals surface area contributed by atoms with Gasteiger partial charge in [-0.1, -0.05) is 56.1 Å². The van der Waals surface area contributed by atoms with Crippen LogP contribution >= 0.6 is 59.1 Å². The number of anilines is 1. The summed E-state index contributed by atoms with van der Waals surface area (Å²) in [6.07, 6.45) is 0. The number of nitriles is 1. The monoisotopic (exact) mass is 587 g/mol. The zero-order valence-electron chi connectivity index (χ0n) is 14.8. The van der Waals surface area contributed by atoms with Crippen LogP contribution in [-0.2, 0) is 0 Å². The summed E-state index contributed by atoms with van der Waals surface area (Å²) in [6, 6.07) is 21.9. The van der Waals surface area contributed by atoms with Crippen LogP contribution in [0.4, 0.5) is 5.69 Å². The predicted octanol–water partition coefficient (Wildman–Crippen LogP) is 7.89. The smallest absolute Gasteiger partial charge is 0.151 e. The second-order valence-corrected chi connectivity index (χ2v) is 10.5. The molecule has 29 heavy (non-hydrogen) atoms. The molecule has 3 nitrogen and oxygen atoms in total. The number of hydrogen-bond acceptors (Lipinski definition) is 4. The number of nitrogen functional groups attached to an aromatic ring is 1. The second-order valence-electron chi connectivity index (χ2n) is 6.20. The number of thiophene rings is 1. The Morgan fingerprint density at radius 3 is 1.83 bits per heavy atom. The van der Waals surface area contributed by atoms with Gasteiger partial charge in [0, 0.05) is 20.1 Å². The van der Waals surface area contributed by atoms with Gasteiger partial charge in [0.2, 0.25) is 0 Å². The van der Waals surface area contributed by atoms with Crippen LogP contribution in [0.2, 0.25) is 0 Å². The molecule has 4 rings (SSSR count). The first-order valence-electron chi connectivity index (χ1n) is 8.49. The van der Waals surface area contributed by atoms with Crippen molar-refractivity contribution in [2.24, 2.45) is 0 Å². The fourth-order valence-electron chi connectivity index (χ4n) is 3.12. The summed E-state index contributed by atoms with van der Waals surface area (Å²) in [5, 5.41) is 9.84. The Bertz CT molecular complexity index is 1240. The molecule has 0 bridgehead atoms. The number of nitrogens with zero attached hydrogens (tertiary/aromatic N) is 2. The first-order valence-corrected chi connectivity index (χ1v) is 11.7. The third-order valence-electron chi connectivity index (χ3n) is 4.41. The lowest BCUT2D eigenvalue weighted by atomic mass is 9.93. The van der Waals surface area contributed by atoms with Crippen molar-refractivity contribution in [2.75, 3.05) is 5.73 Å². The van der Waals surface area contributed by atoms with Gasteiger partial charge in [-0.05, 0) is 63.5 Å². The summed E-state index contributed by atoms with van der Waals surface area (Å²) in [4.78, 5) is 5.70. The number of pyridine rings is 1. The third kappa shape index (κ3) is 4.03. The van der Waals surface area contributed by atoms with E-state index in [4.69, 9.17) is 10.7 Å². The van der Waals surface area contributed by atoms with Gasteiger partial charge in [0.1, 0.15) is 6.07 Å². The summed E-state index contributed by atoms with van der Waals surface area (Å²) in [5.41, 5.74) is 11.6. The highest BCUT2D eigenvalue weighted by atomic mass is 79.9. The van der Waals surface area contributed by atoms with Crippen molar-refractivity contribution in [3.63, 3.8) is 0 Å². The largest absolute Gasteiger partial charge is 0.398 e. The zero-order valence-corrected chi connectivity index (χ0v) is 20.4. The maximum absolute atomic E-state index is 9.84. The number of hydrogen-bond donors (Lipinski definition) is 1. The molecular formula is C22H12Br3N3S. The zero-order chi connectivity index (χ0) is 20.5. The van der Waals surface area contributed by atoms with Gasteiger partial charge in [0.15, 0.2) is 5.69 Å². The average Bonchev–Trinajstić information content (AvgIpc) is 3.15. The molecule has 0 saturated carbocycles. The first kappa shape index (κ1) is 20.3. The number of aromatic nitrogens is 1. The fourth-order valence-corrected chi connectivity index (χ4v) is 5.03. The van der Waals surface area contributed by atoms with E-state index in [1.54, 1.807) is 11.3 Å². The molecule has 2 heterocycles. The van der Waals surface area contributed by atoms with Crippen molar-refractivity contribution in [1.29, 1.82) is 5.26 Å². The molecule has 0 spiro atoms. The van der Waals surface area contributed by atoms with Crippen LogP contribution in [0.5, 0.6) is 0 Å². The highest BCUT2D eigenvalue weighted by Crippen LogP contribution is 2.44. The van der Waals surface area contributed by atoms with Crippen LogP contribution in [0.15, 0.2) is 73.4 Å². The van der Waals surface area contributed by atoms with Gasteiger partial charge in [-0.25, -0.2) is 4.98 Å². The highest BCUT2D eigenvalue weighted by molar-refractivity contribution is 9.11. The van der Waals surface area contributed by atoms with Crippen LogP contribution in [-0.4, -0.2) is 4.98 Å². The van der Waals surface area contributed by atoms with Crippen molar-refractivity contribution in [3.05, 3.63) is 79.1 Å². The molecule has 4 aromatic rings. The summed E-state index contributed by atoms with van der Waals surface area (Å²) < 4.78 is 2.93. The van der Waals surface area contributed by atoms with Crippen LogP contribution in [0, 0.1) is 11.3 Å². The Balaban J connectivity index is 2.07. The highest BCUT2D eigenvalue weighted by Gasteiger charge is 2.22. The Morgan fingerprint density at radius 1 is 0.793 bits per heavy atom. The van der Waals surface area contributed by atoms with E-state index in [1.807, 2.05) is 60.7 Å². The van der Waals surface area contributed by atoms with Gasteiger partial charge in [-0.15, -0.1) is 11.3 Å². The van der Waals surface area contributed by atoms with Crippen LogP contribution < -0.4 is 5.73 Å². The minimum Gasteiger partial charge on any atom is -0.398 e. The number of nitrogens with two attached hydrogens (primary N) is 1. The Labute approximate surface area is 197 Å². The van der Waals surface area contributed by atoms with Gasteiger partial charge < -0.3 is 5.73 Å². The lowest BCUT2D eigenvalue weighted by Crippen LogP contribution is -2.03. The normalized spacial score (nSPS) is 10.7. The molecule has 0 fully saturated rings. The molecule has 2 N–H and O–H groups in total. The van der Waals surface area contributed by atoms with E-state index in [9.17, 15) is 5.26 Å². The molecule has 0 saturated heterocycles. The SMILES string of the molecule is N#Cc1nc(-c2ccc(Br)s2)c(-c2ccc(Br)cc2)c(N)c1-c1ccc(Br)cc1. The predicted molar refractivity (Wildman–Crippen MR) is 131 cm³/mol. The lowest BCUT2D eigenvalue weighted by Gasteiger charge is -2.17. The summed E-state index contributed by atoms with van der Waals surface area (Å²) in [6.45, 7) is 0.